The zero-order chi connectivity index (χ0) is 38.3. The van der Waals surface area contributed by atoms with Crippen LogP contribution in [0.15, 0.2) is 218 Å². The van der Waals surface area contributed by atoms with Crippen molar-refractivity contribution in [3.63, 3.8) is 0 Å². The summed E-state index contributed by atoms with van der Waals surface area (Å²) in [4.78, 5) is 4.52. The van der Waals surface area contributed by atoms with Gasteiger partial charge in [-0.25, -0.2) is 8.78 Å². The molecule has 272 valence electrons. The number of anilines is 6. The standard InChI is InChI=1S/C53H36F2N2/c54-39-19-15-17-37(33-39)53(38-18-16-20-40(55)34-38)49-35-45(56(41-21-5-1-6-22-41)42-23-7-2-8-24-42)31-32-48(49)52-47-30-14-13-29-46(47)51(36-50(52)53)57(43-25-9-3-10-26-43)44-27-11-4-12-28-44/h1-36H. The van der Waals surface area contributed by atoms with Crippen LogP contribution in [0.3, 0.4) is 0 Å². The zero-order valence-corrected chi connectivity index (χ0v) is 30.9. The molecule has 0 heterocycles. The number of nitrogens with zero attached hydrogens (tertiary/aromatic N) is 2. The van der Waals surface area contributed by atoms with E-state index in [-0.39, 0.29) is 11.6 Å². The largest absolute Gasteiger partial charge is 0.310 e. The normalized spacial score (nSPS) is 12.5. The number of hydrogen-bond donors (Lipinski definition) is 0. The van der Waals surface area contributed by atoms with Crippen LogP contribution in [-0.2, 0) is 5.41 Å². The van der Waals surface area contributed by atoms with Crippen LogP contribution in [-0.4, -0.2) is 0 Å². The van der Waals surface area contributed by atoms with Crippen molar-refractivity contribution in [2.45, 2.75) is 5.41 Å². The minimum Gasteiger partial charge on any atom is -0.310 e. The molecule has 0 radical (unpaired) electrons. The third-order valence-electron chi connectivity index (χ3n) is 11.2. The summed E-state index contributed by atoms with van der Waals surface area (Å²) in [6, 6.07) is 72.3. The molecule has 1 aliphatic rings. The molecule has 0 atom stereocenters. The Morgan fingerprint density at radius 3 is 1.28 bits per heavy atom. The van der Waals surface area contributed by atoms with E-state index < -0.39 is 5.41 Å². The van der Waals surface area contributed by atoms with Crippen LogP contribution < -0.4 is 9.80 Å². The highest BCUT2D eigenvalue weighted by Gasteiger charge is 2.48. The van der Waals surface area contributed by atoms with Gasteiger partial charge >= 0.3 is 0 Å². The Balaban J connectivity index is 1.36. The number of halogens is 2. The van der Waals surface area contributed by atoms with Gasteiger partial charge in [0.05, 0.1) is 11.1 Å². The fourth-order valence-electron chi connectivity index (χ4n) is 8.89. The Morgan fingerprint density at radius 2 is 0.789 bits per heavy atom. The SMILES string of the molecule is Fc1cccc(C2(c3cccc(F)c3)c3cc(N(c4ccccc4)c4ccccc4)ccc3-c3c2cc(N(c2ccccc2)c2ccccc2)c2ccccc32)c1. The van der Waals surface area contributed by atoms with Gasteiger partial charge in [0.25, 0.3) is 0 Å². The topological polar surface area (TPSA) is 6.48 Å². The quantitative estimate of drug-likeness (QED) is 0.153. The van der Waals surface area contributed by atoms with Crippen LogP contribution in [0.25, 0.3) is 21.9 Å². The average molecular weight is 739 g/mol. The minimum atomic E-state index is -1.12. The zero-order valence-electron chi connectivity index (χ0n) is 30.9. The first kappa shape index (κ1) is 34.2. The van der Waals surface area contributed by atoms with Crippen LogP contribution in [0.1, 0.15) is 22.3 Å². The third kappa shape index (κ3) is 5.68. The van der Waals surface area contributed by atoms with Crippen molar-refractivity contribution in [2.24, 2.45) is 0 Å². The summed E-state index contributed by atoms with van der Waals surface area (Å²) in [6.45, 7) is 0. The molecule has 4 heteroatoms. The molecule has 2 nitrogen and oxygen atoms in total. The summed E-state index contributed by atoms with van der Waals surface area (Å²) in [5.74, 6) is -0.721. The predicted molar refractivity (Wildman–Crippen MR) is 231 cm³/mol. The first-order valence-electron chi connectivity index (χ1n) is 19.1. The lowest BCUT2D eigenvalue weighted by Gasteiger charge is -2.36. The molecule has 0 saturated heterocycles. The van der Waals surface area contributed by atoms with E-state index in [1.54, 1.807) is 24.3 Å². The van der Waals surface area contributed by atoms with Gasteiger partial charge in [-0.3, -0.25) is 0 Å². The lowest BCUT2D eigenvalue weighted by Crippen LogP contribution is -2.29. The number of rotatable bonds is 8. The van der Waals surface area contributed by atoms with E-state index in [1.165, 1.54) is 12.1 Å². The highest BCUT2D eigenvalue weighted by Crippen LogP contribution is 2.60. The monoisotopic (exact) mass is 738 g/mol. The van der Waals surface area contributed by atoms with Gasteiger partial charge in [-0.2, -0.15) is 0 Å². The molecule has 0 aromatic heterocycles. The summed E-state index contributed by atoms with van der Waals surface area (Å²) in [7, 11) is 0. The maximum atomic E-state index is 15.8. The summed E-state index contributed by atoms with van der Waals surface area (Å²) in [5.41, 5.74) is 10.1. The van der Waals surface area contributed by atoms with E-state index >= 15 is 8.78 Å². The second kappa shape index (κ2) is 14.1. The smallest absolute Gasteiger partial charge is 0.123 e. The lowest BCUT2D eigenvalue weighted by molar-refractivity contribution is 0.614. The van der Waals surface area contributed by atoms with E-state index in [0.29, 0.717) is 11.1 Å². The molecule has 57 heavy (non-hydrogen) atoms. The van der Waals surface area contributed by atoms with Crippen molar-refractivity contribution in [3.8, 4) is 11.1 Å². The first-order chi connectivity index (χ1) is 28.1. The van der Waals surface area contributed by atoms with Crippen LogP contribution in [0, 0.1) is 11.6 Å². The molecule has 0 saturated carbocycles. The molecule has 10 rings (SSSR count). The molecular formula is C53H36F2N2. The number of para-hydroxylation sites is 4. The van der Waals surface area contributed by atoms with E-state index in [9.17, 15) is 0 Å². The van der Waals surface area contributed by atoms with Gasteiger partial charge in [0.1, 0.15) is 11.6 Å². The lowest BCUT2D eigenvalue weighted by atomic mass is 9.67. The Labute approximate surface area is 331 Å². The molecule has 9 aromatic carbocycles. The maximum absolute atomic E-state index is 15.8. The molecule has 0 aliphatic heterocycles. The molecule has 0 spiro atoms. The fraction of sp³-hybridized carbons (Fsp3) is 0.0189. The van der Waals surface area contributed by atoms with E-state index in [2.05, 4.69) is 107 Å². The van der Waals surface area contributed by atoms with E-state index in [1.807, 2.05) is 84.9 Å². The summed E-state index contributed by atoms with van der Waals surface area (Å²) < 4.78 is 31.6. The van der Waals surface area contributed by atoms with Crippen molar-refractivity contribution >= 4 is 44.9 Å². The summed E-state index contributed by atoms with van der Waals surface area (Å²) in [5, 5.41) is 2.11. The fourth-order valence-corrected chi connectivity index (χ4v) is 8.89. The second-order valence-electron chi connectivity index (χ2n) is 14.4. The van der Waals surface area contributed by atoms with Crippen LogP contribution in [0.5, 0.6) is 0 Å². The van der Waals surface area contributed by atoms with Gasteiger partial charge in [0.15, 0.2) is 0 Å². The summed E-state index contributed by atoms with van der Waals surface area (Å²) >= 11 is 0. The minimum absolute atomic E-state index is 0.360. The van der Waals surface area contributed by atoms with Crippen LogP contribution in [0.2, 0.25) is 0 Å². The molecule has 1 aliphatic carbocycles. The van der Waals surface area contributed by atoms with E-state index in [4.69, 9.17) is 0 Å². The van der Waals surface area contributed by atoms with Crippen LogP contribution in [0.4, 0.5) is 42.9 Å². The van der Waals surface area contributed by atoms with Gasteiger partial charge in [0.2, 0.25) is 0 Å². The molecule has 0 unspecified atom stereocenters. The predicted octanol–water partition coefficient (Wildman–Crippen LogP) is 14.4. The second-order valence-corrected chi connectivity index (χ2v) is 14.4. The van der Waals surface area contributed by atoms with Crippen molar-refractivity contribution in [1.29, 1.82) is 0 Å². The highest BCUT2D eigenvalue weighted by molar-refractivity contribution is 6.11. The van der Waals surface area contributed by atoms with E-state index in [0.717, 1.165) is 67.2 Å². The number of hydrogen-bond acceptors (Lipinski definition) is 2. The Hall–Kier alpha value is -7.30. The number of benzene rings is 9. The number of fused-ring (bicyclic) bond motifs is 5. The van der Waals surface area contributed by atoms with Crippen molar-refractivity contribution in [3.05, 3.63) is 252 Å². The van der Waals surface area contributed by atoms with Gasteiger partial charge < -0.3 is 9.80 Å². The summed E-state index contributed by atoms with van der Waals surface area (Å²) in [6.07, 6.45) is 0. The highest BCUT2D eigenvalue weighted by atomic mass is 19.1. The molecule has 0 fully saturated rings. The average Bonchev–Trinajstić information content (AvgIpc) is 3.56. The Kier molecular flexibility index (Phi) is 8.45. The Morgan fingerprint density at radius 1 is 0.333 bits per heavy atom. The molecule has 0 bridgehead atoms. The van der Waals surface area contributed by atoms with Crippen molar-refractivity contribution in [2.75, 3.05) is 9.80 Å². The Bertz CT molecular complexity index is 2750. The van der Waals surface area contributed by atoms with Gasteiger partial charge in [-0.15, -0.1) is 0 Å². The van der Waals surface area contributed by atoms with Gasteiger partial charge in [0, 0.05) is 33.8 Å². The third-order valence-corrected chi connectivity index (χ3v) is 11.2. The first-order valence-corrected chi connectivity index (χ1v) is 19.1. The maximum Gasteiger partial charge on any atom is 0.123 e. The van der Waals surface area contributed by atoms with Crippen molar-refractivity contribution in [1.82, 2.24) is 0 Å². The van der Waals surface area contributed by atoms with Gasteiger partial charge in [-0.1, -0.05) is 127 Å². The molecule has 0 amide bonds. The van der Waals surface area contributed by atoms with Crippen molar-refractivity contribution < 1.29 is 8.78 Å². The van der Waals surface area contributed by atoms with Crippen LogP contribution >= 0.6 is 0 Å². The van der Waals surface area contributed by atoms with Gasteiger partial charge in [-0.05, 0) is 130 Å². The molecule has 0 N–H and O–H groups in total. The molecular weight excluding hydrogens is 703 g/mol. The molecule has 9 aromatic rings.